The first-order valence-corrected chi connectivity index (χ1v) is 11.1. The van der Waals surface area contributed by atoms with Crippen LogP contribution in [0.4, 0.5) is 10.1 Å². The summed E-state index contributed by atoms with van der Waals surface area (Å²) in [7, 11) is 1.86. The average Bonchev–Trinajstić information content (AvgIpc) is 3.17. The van der Waals surface area contributed by atoms with Crippen LogP contribution in [0.15, 0.2) is 54.6 Å². The number of benzene rings is 2. The van der Waals surface area contributed by atoms with Gasteiger partial charge in [0, 0.05) is 42.4 Å². The van der Waals surface area contributed by atoms with Crippen molar-refractivity contribution in [1.82, 2.24) is 9.55 Å². The van der Waals surface area contributed by atoms with E-state index in [1.807, 2.05) is 42.1 Å². The van der Waals surface area contributed by atoms with Crippen LogP contribution in [-0.4, -0.2) is 39.9 Å². The zero-order valence-corrected chi connectivity index (χ0v) is 19.0. The normalized spacial score (nSPS) is 18.7. The molecule has 0 amide bonds. The van der Waals surface area contributed by atoms with Gasteiger partial charge in [0.1, 0.15) is 17.7 Å². The van der Waals surface area contributed by atoms with Crippen LogP contribution in [0, 0.1) is 5.82 Å². The molecule has 0 spiro atoms. The number of carbonyl (C=O) groups excluding carboxylic acids is 1. The first kappa shape index (κ1) is 22.7. The second-order valence-electron chi connectivity index (χ2n) is 8.49. The molecule has 1 saturated heterocycles. The van der Waals surface area contributed by atoms with E-state index < -0.39 is 18.2 Å². The van der Waals surface area contributed by atoms with Crippen molar-refractivity contribution in [3.63, 3.8) is 0 Å². The van der Waals surface area contributed by atoms with Crippen LogP contribution in [-0.2, 0) is 9.53 Å². The minimum atomic E-state index is -0.718. The van der Waals surface area contributed by atoms with Gasteiger partial charge in [0.05, 0.1) is 23.9 Å². The minimum absolute atomic E-state index is 0.0133. The molecule has 1 aliphatic rings. The lowest BCUT2D eigenvalue weighted by Crippen LogP contribution is -2.31. The van der Waals surface area contributed by atoms with Crippen molar-refractivity contribution in [2.45, 2.75) is 44.8 Å². The van der Waals surface area contributed by atoms with E-state index in [0.717, 1.165) is 34.0 Å². The van der Waals surface area contributed by atoms with Crippen molar-refractivity contribution in [2.75, 3.05) is 12.4 Å². The molecule has 7 heteroatoms. The van der Waals surface area contributed by atoms with Crippen molar-refractivity contribution in [1.29, 1.82) is 0 Å². The van der Waals surface area contributed by atoms with Gasteiger partial charge in [0.2, 0.25) is 0 Å². The fourth-order valence-electron chi connectivity index (χ4n) is 4.02. The molecule has 0 saturated carbocycles. The molecule has 2 N–H and O–H groups in total. The molecule has 4 rings (SSSR count). The van der Waals surface area contributed by atoms with Crippen molar-refractivity contribution in [3.8, 4) is 22.5 Å². The van der Waals surface area contributed by atoms with Gasteiger partial charge < -0.3 is 19.7 Å². The molecule has 1 aliphatic heterocycles. The van der Waals surface area contributed by atoms with Gasteiger partial charge in [-0.25, -0.2) is 9.37 Å². The van der Waals surface area contributed by atoms with Crippen LogP contribution in [0.2, 0.25) is 0 Å². The summed E-state index contributed by atoms with van der Waals surface area (Å²) in [5.41, 5.74) is 4.27. The Balaban J connectivity index is 1.88. The Kier molecular flexibility index (Phi) is 6.60. The molecule has 6 nitrogen and oxygen atoms in total. The van der Waals surface area contributed by atoms with E-state index in [0.29, 0.717) is 6.42 Å². The Bertz CT molecular complexity index is 1170. The van der Waals surface area contributed by atoms with Crippen LogP contribution in [0.25, 0.3) is 28.7 Å². The molecule has 0 bridgehead atoms. The largest absolute Gasteiger partial charge is 0.458 e. The fraction of sp³-hybridized carbons (Fsp3) is 0.308. The zero-order chi connectivity index (χ0) is 23.5. The Morgan fingerprint density at radius 3 is 2.64 bits per heavy atom. The number of imidazole rings is 1. The number of aliphatic hydroxyl groups is 1. The summed E-state index contributed by atoms with van der Waals surface area (Å²) < 4.78 is 21.1. The number of nitrogens with one attached hydrogen (secondary N) is 1. The van der Waals surface area contributed by atoms with Crippen LogP contribution in [0.1, 0.15) is 38.4 Å². The third kappa shape index (κ3) is 4.98. The Morgan fingerprint density at radius 2 is 1.97 bits per heavy atom. The number of ether oxygens (including phenoxy) is 1. The summed E-state index contributed by atoms with van der Waals surface area (Å²) in [6, 6.07) is 14.3. The molecule has 172 valence electrons. The number of anilines is 1. The summed E-state index contributed by atoms with van der Waals surface area (Å²) in [6.07, 6.45) is 2.72. The highest BCUT2D eigenvalue weighted by Crippen LogP contribution is 2.36. The van der Waals surface area contributed by atoms with Crippen LogP contribution < -0.4 is 5.32 Å². The van der Waals surface area contributed by atoms with E-state index in [1.54, 1.807) is 18.2 Å². The number of hydrogen-bond acceptors (Lipinski definition) is 5. The van der Waals surface area contributed by atoms with Crippen molar-refractivity contribution in [2.24, 2.45) is 0 Å². The van der Waals surface area contributed by atoms with Gasteiger partial charge in [-0.3, -0.25) is 4.79 Å². The SMILES string of the molecule is CNc1cccc(-c2nc(C(C)C)n(C=CC3CC(O)CC(=O)O3)c2-c2ccc(F)cc2)c1. The third-order valence-corrected chi connectivity index (χ3v) is 5.64. The second-order valence-corrected chi connectivity index (χ2v) is 8.49. The third-order valence-electron chi connectivity index (χ3n) is 5.64. The molecule has 0 radical (unpaired) electrons. The second kappa shape index (κ2) is 9.58. The lowest BCUT2D eigenvalue weighted by molar-refractivity contribution is -0.156. The molecule has 2 heterocycles. The van der Waals surface area contributed by atoms with Gasteiger partial charge in [-0.05, 0) is 42.5 Å². The number of rotatable bonds is 6. The number of carbonyl (C=O) groups is 1. The first-order chi connectivity index (χ1) is 15.9. The molecule has 1 fully saturated rings. The zero-order valence-electron chi connectivity index (χ0n) is 19.0. The Labute approximate surface area is 192 Å². The molecule has 2 aromatic carbocycles. The van der Waals surface area contributed by atoms with Gasteiger partial charge >= 0.3 is 5.97 Å². The lowest BCUT2D eigenvalue weighted by atomic mass is 10.0. The van der Waals surface area contributed by atoms with E-state index in [2.05, 4.69) is 19.2 Å². The van der Waals surface area contributed by atoms with Crippen molar-refractivity contribution >= 4 is 17.9 Å². The summed E-state index contributed by atoms with van der Waals surface area (Å²) >= 11 is 0. The van der Waals surface area contributed by atoms with E-state index in [1.165, 1.54) is 12.1 Å². The predicted octanol–water partition coefficient (Wildman–Crippen LogP) is 5.06. The molecule has 0 aliphatic carbocycles. The van der Waals surface area contributed by atoms with E-state index >= 15 is 0 Å². The summed E-state index contributed by atoms with van der Waals surface area (Å²) in [4.78, 5) is 16.7. The number of cyclic esters (lactones) is 1. The maximum Gasteiger partial charge on any atom is 0.309 e. The number of esters is 1. The van der Waals surface area contributed by atoms with Gasteiger partial charge in [-0.2, -0.15) is 0 Å². The van der Waals surface area contributed by atoms with E-state index in [4.69, 9.17) is 9.72 Å². The highest BCUT2D eigenvalue weighted by atomic mass is 19.1. The standard InChI is InChI=1S/C26H28FN3O3/c1-16(2)26-29-24(18-5-4-6-20(13-18)28-3)25(17-7-9-19(27)10-8-17)30(26)12-11-22-14-21(31)15-23(32)33-22/h4-13,16,21-22,28,31H,14-15H2,1-3H3. The van der Waals surface area contributed by atoms with Crippen molar-refractivity contribution in [3.05, 3.63) is 66.2 Å². The van der Waals surface area contributed by atoms with Gasteiger partial charge in [0.25, 0.3) is 0 Å². The fourth-order valence-corrected chi connectivity index (χ4v) is 4.02. The van der Waals surface area contributed by atoms with Crippen LogP contribution in [0.5, 0.6) is 0 Å². The van der Waals surface area contributed by atoms with Gasteiger partial charge in [-0.1, -0.05) is 26.0 Å². The van der Waals surface area contributed by atoms with E-state index in [9.17, 15) is 14.3 Å². The number of halogens is 1. The highest BCUT2D eigenvalue weighted by molar-refractivity contribution is 5.82. The highest BCUT2D eigenvalue weighted by Gasteiger charge is 2.26. The molecular weight excluding hydrogens is 421 g/mol. The maximum atomic E-state index is 13.7. The average molecular weight is 450 g/mol. The monoisotopic (exact) mass is 449 g/mol. The molecule has 2 atom stereocenters. The molecular formula is C26H28FN3O3. The molecule has 3 aromatic rings. The molecule has 1 aromatic heterocycles. The number of aromatic nitrogens is 2. The summed E-state index contributed by atoms with van der Waals surface area (Å²) in [6.45, 7) is 4.11. The van der Waals surface area contributed by atoms with Crippen LogP contribution in [0.3, 0.4) is 0 Å². The number of hydrogen-bond donors (Lipinski definition) is 2. The number of aliphatic hydroxyl groups excluding tert-OH is 1. The topological polar surface area (TPSA) is 76.4 Å². The Hall–Kier alpha value is -3.45. The molecule has 33 heavy (non-hydrogen) atoms. The van der Waals surface area contributed by atoms with Crippen molar-refractivity contribution < 1.29 is 19.0 Å². The predicted molar refractivity (Wildman–Crippen MR) is 127 cm³/mol. The lowest BCUT2D eigenvalue weighted by Gasteiger charge is -2.23. The van der Waals surface area contributed by atoms with Gasteiger partial charge in [0.15, 0.2) is 0 Å². The van der Waals surface area contributed by atoms with Crippen LogP contribution >= 0.6 is 0 Å². The quantitative estimate of drug-likeness (QED) is 0.515. The molecule has 2 unspecified atom stereocenters. The Morgan fingerprint density at radius 1 is 1.21 bits per heavy atom. The number of nitrogens with zero attached hydrogens (tertiary/aromatic N) is 2. The smallest absolute Gasteiger partial charge is 0.309 e. The summed E-state index contributed by atoms with van der Waals surface area (Å²) in [5, 5.41) is 13.1. The first-order valence-electron chi connectivity index (χ1n) is 11.1. The summed E-state index contributed by atoms with van der Waals surface area (Å²) in [5.74, 6) is 0.181. The van der Waals surface area contributed by atoms with Gasteiger partial charge in [-0.15, -0.1) is 0 Å². The van der Waals surface area contributed by atoms with E-state index in [-0.39, 0.29) is 18.2 Å². The minimum Gasteiger partial charge on any atom is -0.458 e. The maximum absolute atomic E-state index is 13.7.